The van der Waals surface area contributed by atoms with Gasteiger partial charge in [-0.25, -0.2) is 13.8 Å². The van der Waals surface area contributed by atoms with E-state index in [-0.39, 0.29) is 11.7 Å². The molecule has 1 N–H and O–H groups in total. The summed E-state index contributed by atoms with van der Waals surface area (Å²) >= 11 is 0. The number of nitrogens with one attached hydrogen (secondary N) is 1. The van der Waals surface area contributed by atoms with Crippen molar-refractivity contribution in [3.05, 3.63) is 23.9 Å². The SMILES string of the molecule is CN1CC2CC1CN(C(=O)c1cccnc1NCC(F)F)C2. The monoisotopic (exact) mass is 310 g/mol. The summed E-state index contributed by atoms with van der Waals surface area (Å²) in [6.07, 6.45) is 0.145. The van der Waals surface area contributed by atoms with Crippen LogP contribution in [0.2, 0.25) is 0 Å². The van der Waals surface area contributed by atoms with Crippen LogP contribution < -0.4 is 5.32 Å². The fourth-order valence-electron chi connectivity index (χ4n) is 3.41. The highest BCUT2D eigenvalue weighted by atomic mass is 19.3. The van der Waals surface area contributed by atoms with E-state index in [0.29, 0.717) is 24.1 Å². The molecule has 0 radical (unpaired) electrons. The van der Waals surface area contributed by atoms with E-state index < -0.39 is 13.0 Å². The minimum atomic E-state index is -2.48. The van der Waals surface area contributed by atoms with Crippen molar-refractivity contribution in [3.8, 4) is 0 Å². The molecule has 3 rings (SSSR count). The number of fused-ring (bicyclic) bond motifs is 2. The summed E-state index contributed by atoms with van der Waals surface area (Å²) < 4.78 is 24.7. The number of carbonyl (C=O) groups excluding carboxylic acids is 1. The third kappa shape index (κ3) is 3.04. The number of alkyl halides is 2. The quantitative estimate of drug-likeness (QED) is 0.916. The molecule has 2 aliphatic rings. The van der Waals surface area contributed by atoms with Gasteiger partial charge in [0.2, 0.25) is 0 Å². The van der Waals surface area contributed by atoms with Crippen molar-refractivity contribution >= 4 is 11.7 Å². The Kier molecular flexibility index (Phi) is 4.24. The molecule has 120 valence electrons. The van der Waals surface area contributed by atoms with E-state index in [1.807, 2.05) is 4.90 Å². The van der Waals surface area contributed by atoms with E-state index in [9.17, 15) is 13.6 Å². The molecule has 0 saturated carbocycles. The molecule has 7 heteroatoms. The molecule has 2 saturated heterocycles. The maximum absolute atomic E-state index is 12.7. The molecule has 1 aromatic heterocycles. The smallest absolute Gasteiger partial charge is 0.257 e. The average molecular weight is 310 g/mol. The van der Waals surface area contributed by atoms with Gasteiger partial charge < -0.3 is 15.1 Å². The van der Waals surface area contributed by atoms with Gasteiger partial charge >= 0.3 is 0 Å². The molecule has 2 atom stereocenters. The molecule has 1 aromatic rings. The lowest BCUT2D eigenvalue weighted by Crippen LogP contribution is -2.45. The Bertz CT molecular complexity index is 552. The molecule has 2 bridgehead atoms. The minimum absolute atomic E-state index is 0.130. The van der Waals surface area contributed by atoms with Crippen molar-refractivity contribution in [1.82, 2.24) is 14.8 Å². The molecule has 1 amide bonds. The molecule has 2 aliphatic heterocycles. The third-order valence-electron chi connectivity index (χ3n) is 4.43. The van der Waals surface area contributed by atoms with Crippen LogP contribution in [0, 0.1) is 5.92 Å². The van der Waals surface area contributed by atoms with Crippen LogP contribution in [0.5, 0.6) is 0 Å². The molecule has 2 fully saturated rings. The first-order valence-electron chi connectivity index (χ1n) is 7.51. The van der Waals surface area contributed by atoms with Crippen LogP contribution in [0.4, 0.5) is 14.6 Å². The van der Waals surface area contributed by atoms with Gasteiger partial charge in [0, 0.05) is 31.9 Å². The predicted octanol–water partition coefficient (Wildman–Crippen LogP) is 1.53. The largest absolute Gasteiger partial charge is 0.364 e. The number of likely N-dealkylation sites (tertiary alicyclic amines) is 2. The summed E-state index contributed by atoms with van der Waals surface area (Å²) in [4.78, 5) is 20.9. The van der Waals surface area contributed by atoms with Crippen molar-refractivity contribution in [2.75, 3.05) is 38.5 Å². The molecule has 2 unspecified atom stereocenters. The number of halogens is 2. The van der Waals surface area contributed by atoms with E-state index in [2.05, 4.69) is 22.2 Å². The topological polar surface area (TPSA) is 48.5 Å². The van der Waals surface area contributed by atoms with Gasteiger partial charge in [0.15, 0.2) is 0 Å². The lowest BCUT2D eigenvalue weighted by molar-refractivity contribution is 0.0676. The van der Waals surface area contributed by atoms with E-state index in [4.69, 9.17) is 0 Å². The Labute approximate surface area is 128 Å². The summed E-state index contributed by atoms with van der Waals surface area (Å²) in [5.74, 6) is 0.607. The van der Waals surface area contributed by atoms with Crippen molar-refractivity contribution in [2.24, 2.45) is 5.92 Å². The fraction of sp³-hybridized carbons (Fsp3) is 0.600. The van der Waals surface area contributed by atoms with Crippen molar-refractivity contribution in [3.63, 3.8) is 0 Å². The normalized spacial score (nSPS) is 24.8. The average Bonchev–Trinajstić information content (AvgIpc) is 2.77. The Morgan fingerprint density at radius 3 is 3.00 bits per heavy atom. The summed E-state index contributed by atoms with van der Waals surface area (Å²) in [5.41, 5.74) is 0.368. The highest BCUT2D eigenvalue weighted by Crippen LogP contribution is 2.29. The maximum atomic E-state index is 12.7. The third-order valence-corrected chi connectivity index (χ3v) is 4.43. The van der Waals surface area contributed by atoms with Crippen LogP contribution in [0.25, 0.3) is 0 Å². The first-order valence-corrected chi connectivity index (χ1v) is 7.51. The number of likely N-dealkylation sites (N-methyl/N-ethyl adjacent to an activating group) is 1. The van der Waals surface area contributed by atoms with Crippen LogP contribution in [0.1, 0.15) is 16.8 Å². The number of piperidine rings is 1. The number of amides is 1. The summed E-state index contributed by atoms with van der Waals surface area (Å²) in [7, 11) is 2.08. The number of carbonyl (C=O) groups is 1. The van der Waals surface area contributed by atoms with E-state index in [1.165, 1.54) is 6.20 Å². The number of hydrogen-bond acceptors (Lipinski definition) is 4. The predicted molar refractivity (Wildman–Crippen MR) is 79.2 cm³/mol. The second-order valence-corrected chi connectivity index (χ2v) is 6.08. The number of hydrogen-bond donors (Lipinski definition) is 1. The standard InChI is InChI=1S/C15H20F2N4O/c1-20-7-10-5-11(20)9-21(8-10)15(22)12-3-2-4-18-14(12)19-6-13(16)17/h2-4,10-11,13H,5-9H2,1H3,(H,18,19). The van der Waals surface area contributed by atoms with Crippen molar-refractivity contribution in [1.29, 1.82) is 0 Å². The number of rotatable bonds is 4. The number of anilines is 1. The zero-order valence-corrected chi connectivity index (χ0v) is 12.5. The molecule has 0 spiro atoms. The van der Waals surface area contributed by atoms with E-state index >= 15 is 0 Å². The van der Waals surface area contributed by atoms with Gasteiger partial charge in [-0.3, -0.25) is 4.79 Å². The first kappa shape index (κ1) is 15.1. The summed E-state index contributed by atoms with van der Waals surface area (Å²) in [5, 5.41) is 2.56. The van der Waals surface area contributed by atoms with E-state index in [0.717, 1.165) is 19.5 Å². The van der Waals surface area contributed by atoms with Gasteiger partial charge in [-0.2, -0.15) is 0 Å². The van der Waals surface area contributed by atoms with E-state index in [1.54, 1.807) is 12.1 Å². The van der Waals surface area contributed by atoms with Gasteiger partial charge in [0.25, 0.3) is 12.3 Å². The van der Waals surface area contributed by atoms with Crippen LogP contribution in [0.15, 0.2) is 18.3 Å². The maximum Gasteiger partial charge on any atom is 0.257 e. The second-order valence-electron chi connectivity index (χ2n) is 6.08. The fourth-order valence-corrected chi connectivity index (χ4v) is 3.41. The Hall–Kier alpha value is -1.76. The molecule has 0 aromatic carbocycles. The zero-order chi connectivity index (χ0) is 15.7. The van der Waals surface area contributed by atoms with Gasteiger partial charge in [-0.05, 0) is 31.5 Å². The highest BCUT2D eigenvalue weighted by Gasteiger charge is 2.38. The van der Waals surface area contributed by atoms with Crippen LogP contribution in [-0.4, -0.2) is 66.4 Å². The highest BCUT2D eigenvalue weighted by molar-refractivity contribution is 5.98. The van der Waals surface area contributed by atoms with Crippen LogP contribution in [0.3, 0.4) is 0 Å². The second kappa shape index (κ2) is 6.16. The van der Waals surface area contributed by atoms with Gasteiger partial charge in [0.05, 0.1) is 12.1 Å². The minimum Gasteiger partial charge on any atom is -0.364 e. The van der Waals surface area contributed by atoms with Gasteiger partial charge in [-0.15, -0.1) is 0 Å². The summed E-state index contributed by atoms with van der Waals surface area (Å²) in [6, 6.07) is 3.70. The van der Waals surface area contributed by atoms with Crippen LogP contribution in [-0.2, 0) is 0 Å². The summed E-state index contributed by atoms with van der Waals surface area (Å²) in [6.45, 7) is 1.92. The molecular formula is C15H20F2N4O. The molecule has 22 heavy (non-hydrogen) atoms. The van der Waals surface area contributed by atoms with Gasteiger partial charge in [0.1, 0.15) is 5.82 Å². The van der Waals surface area contributed by atoms with Crippen molar-refractivity contribution in [2.45, 2.75) is 18.9 Å². The van der Waals surface area contributed by atoms with Gasteiger partial charge in [-0.1, -0.05) is 0 Å². The van der Waals surface area contributed by atoms with Crippen molar-refractivity contribution < 1.29 is 13.6 Å². The number of nitrogens with zero attached hydrogens (tertiary/aromatic N) is 3. The molecule has 5 nitrogen and oxygen atoms in total. The lowest BCUT2D eigenvalue weighted by atomic mass is 9.99. The Morgan fingerprint density at radius 2 is 2.27 bits per heavy atom. The zero-order valence-electron chi connectivity index (χ0n) is 12.5. The molecule has 3 heterocycles. The number of pyridine rings is 1. The lowest BCUT2D eigenvalue weighted by Gasteiger charge is -2.32. The Balaban J connectivity index is 1.75. The molecule has 0 aliphatic carbocycles. The number of aromatic nitrogens is 1. The Morgan fingerprint density at radius 1 is 1.45 bits per heavy atom. The van der Waals surface area contributed by atoms with Crippen LogP contribution >= 0.6 is 0 Å². The first-order chi connectivity index (χ1) is 10.5. The molecular weight excluding hydrogens is 290 g/mol.